The molecule has 0 fully saturated rings. The van der Waals surface area contributed by atoms with Crippen molar-refractivity contribution in [3.8, 4) is 11.5 Å². The second-order valence-corrected chi connectivity index (χ2v) is 7.85. The van der Waals surface area contributed by atoms with Crippen molar-refractivity contribution in [1.82, 2.24) is 20.0 Å². The molecule has 31 heavy (non-hydrogen) atoms. The Balaban J connectivity index is 1.55. The van der Waals surface area contributed by atoms with Gasteiger partial charge >= 0.3 is 0 Å². The maximum absolute atomic E-state index is 12.8. The van der Waals surface area contributed by atoms with Crippen molar-refractivity contribution in [2.75, 3.05) is 5.32 Å². The average Bonchev–Trinajstić information content (AvgIpc) is 3.29. The quantitative estimate of drug-likeness (QED) is 0.470. The van der Waals surface area contributed by atoms with E-state index in [4.69, 9.17) is 16.0 Å². The van der Waals surface area contributed by atoms with Crippen LogP contribution in [0.25, 0.3) is 11.5 Å². The van der Waals surface area contributed by atoms with Crippen LogP contribution in [0.1, 0.15) is 38.8 Å². The summed E-state index contributed by atoms with van der Waals surface area (Å²) in [7, 11) is 0. The standard InChI is InChI=1S/C23H22ClN5O2/c1-13-7-5-10-19(14(13)2)25-22(30)21-15(3)29(28-27-21)12-20-16(4)31-23(26-20)17-8-6-9-18(24)11-17/h5-11H,12H2,1-4H3,(H,25,30). The van der Waals surface area contributed by atoms with E-state index >= 15 is 0 Å². The van der Waals surface area contributed by atoms with Gasteiger partial charge in [-0.3, -0.25) is 4.79 Å². The molecule has 158 valence electrons. The predicted octanol–water partition coefficient (Wildman–Crippen LogP) is 5.12. The topological polar surface area (TPSA) is 85.8 Å². The Kier molecular flexibility index (Phi) is 5.61. The Morgan fingerprint density at radius 3 is 2.68 bits per heavy atom. The Labute approximate surface area is 185 Å². The number of aromatic nitrogens is 4. The highest BCUT2D eigenvalue weighted by Crippen LogP contribution is 2.25. The van der Waals surface area contributed by atoms with E-state index in [0.29, 0.717) is 34.6 Å². The Bertz CT molecular complexity index is 1270. The van der Waals surface area contributed by atoms with Crippen LogP contribution in [0.2, 0.25) is 5.02 Å². The molecule has 2 aromatic carbocycles. The fraction of sp³-hybridized carbons (Fsp3) is 0.217. The number of carbonyl (C=O) groups excluding carboxylic acids is 1. The molecule has 1 N–H and O–H groups in total. The van der Waals surface area contributed by atoms with Crippen molar-refractivity contribution in [1.29, 1.82) is 0 Å². The van der Waals surface area contributed by atoms with Crippen LogP contribution in [-0.2, 0) is 6.54 Å². The second-order valence-electron chi connectivity index (χ2n) is 7.41. The number of nitrogens with one attached hydrogen (secondary N) is 1. The monoisotopic (exact) mass is 435 g/mol. The fourth-order valence-corrected chi connectivity index (χ4v) is 3.44. The van der Waals surface area contributed by atoms with Gasteiger partial charge in [-0.15, -0.1) is 5.10 Å². The SMILES string of the molecule is Cc1cccc(NC(=O)c2nnn(Cc3nc(-c4cccc(Cl)c4)oc3C)c2C)c1C. The Morgan fingerprint density at radius 1 is 1.13 bits per heavy atom. The molecule has 1 amide bonds. The number of rotatable bonds is 5. The minimum Gasteiger partial charge on any atom is -0.441 e. The normalized spacial score (nSPS) is 11.0. The maximum Gasteiger partial charge on any atom is 0.278 e. The van der Waals surface area contributed by atoms with E-state index in [0.717, 1.165) is 22.4 Å². The summed E-state index contributed by atoms with van der Waals surface area (Å²) in [6.07, 6.45) is 0. The molecule has 0 saturated heterocycles. The summed E-state index contributed by atoms with van der Waals surface area (Å²) in [5.41, 5.74) is 5.32. The highest BCUT2D eigenvalue weighted by Gasteiger charge is 2.20. The molecule has 0 aliphatic rings. The third kappa shape index (κ3) is 4.22. The molecular formula is C23H22ClN5O2. The van der Waals surface area contributed by atoms with Crippen molar-refractivity contribution < 1.29 is 9.21 Å². The molecule has 0 spiro atoms. The maximum atomic E-state index is 12.8. The van der Waals surface area contributed by atoms with E-state index in [1.54, 1.807) is 16.8 Å². The predicted molar refractivity (Wildman–Crippen MR) is 119 cm³/mol. The summed E-state index contributed by atoms with van der Waals surface area (Å²) in [4.78, 5) is 17.4. The van der Waals surface area contributed by atoms with Crippen molar-refractivity contribution in [3.05, 3.63) is 81.5 Å². The molecule has 4 rings (SSSR count). The Hall–Kier alpha value is -3.45. The number of aryl methyl sites for hydroxylation is 2. The van der Waals surface area contributed by atoms with E-state index in [2.05, 4.69) is 20.6 Å². The van der Waals surface area contributed by atoms with Crippen LogP contribution in [0.5, 0.6) is 0 Å². The molecule has 0 bridgehead atoms. The molecule has 0 aliphatic carbocycles. The first-order chi connectivity index (χ1) is 14.8. The van der Waals surface area contributed by atoms with Gasteiger partial charge in [0.1, 0.15) is 11.5 Å². The molecule has 7 nitrogen and oxygen atoms in total. The molecule has 0 saturated carbocycles. The highest BCUT2D eigenvalue weighted by molar-refractivity contribution is 6.30. The van der Waals surface area contributed by atoms with Crippen LogP contribution >= 0.6 is 11.6 Å². The summed E-state index contributed by atoms with van der Waals surface area (Å²) < 4.78 is 7.46. The molecule has 0 radical (unpaired) electrons. The van der Waals surface area contributed by atoms with Crippen LogP contribution in [0, 0.1) is 27.7 Å². The number of hydrogen-bond acceptors (Lipinski definition) is 5. The van der Waals surface area contributed by atoms with Gasteiger partial charge in [0.25, 0.3) is 5.91 Å². The molecule has 8 heteroatoms. The van der Waals surface area contributed by atoms with Gasteiger partial charge < -0.3 is 9.73 Å². The van der Waals surface area contributed by atoms with Gasteiger partial charge in [0.05, 0.1) is 12.2 Å². The lowest BCUT2D eigenvalue weighted by molar-refractivity contribution is 0.102. The molecule has 4 aromatic rings. The van der Waals surface area contributed by atoms with E-state index < -0.39 is 0 Å². The molecule has 2 heterocycles. The number of halogens is 1. The van der Waals surface area contributed by atoms with Gasteiger partial charge in [0.15, 0.2) is 5.69 Å². The van der Waals surface area contributed by atoms with E-state index in [1.807, 2.05) is 58.0 Å². The molecule has 0 atom stereocenters. The van der Waals surface area contributed by atoms with Gasteiger partial charge in [-0.25, -0.2) is 9.67 Å². The lowest BCUT2D eigenvalue weighted by atomic mass is 10.1. The van der Waals surface area contributed by atoms with Crippen molar-refractivity contribution in [2.24, 2.45) is 0 Å². The summed E-state index contributed by atoms with van der Waals surface area (Å²) in [5.74, 6) is 0.862. The van der Waals surface area contributed by atoms with Crippen LogP contribution in [0.3, 0.4) is 0 Å². The summed E-state index contributed by atoms with van der Waals surface area (Å²) in [6, 6.07) is 13.1. The van der Waals surface area contributed by atoms with E-state index in [1.165, 1.54) is 0 Å². The van der Waals surface area contributed by atoms with Gasteiger partial charge in [-0.2, -0.15) is 0 Å². The van der Waals surface area contributed by atoms with Crippen LogP contribution in [-0.4, -0.2) is 25.9 Å². The number of nitrogens with zero attached hydrogens (tertiary/aromatic N) is 4. The minimum absolute atomic E-state index is 0.275. The number of hydrogen-bond donors (Lipinski definition) is 1. The van der Waals surface area contributed by atoms with Gasteiger partial charge in [0.2, 0.25) is 5.89 Å². The zero-order valence-corrected chi connectivity index (χ0v) is 18.5. The van der Waals surface area contributed by atoms with E-state index in [9.17, 15) is 4.79 Å². The summed E-state index contributed by atoms with van der Waals surface area (Å²) >= 11 is 6.07. The van der Waals surface area contributed by atoms with Crippen molar-refractivity contribution >= 4 is 23.2 Å². The van der Waals surface area contributed by atoms with Gasteiger partial charge in [0, 0.05) is 16.3 Å². The third-order valence-corrected chi connectivity index (χ3v) is 5.55. The molecular weight excluding hydrogens is 414 g/mol. The van der Waals surface area contributed by atoms with E-state index in [-0.39, 0.29) is 11.6 Å². The largest absolute Gasteiger partial charge is 0.441 e. The van der Waals surface area contributed by atoms with Crippen LogP contribution in [0.15, 0.2) is 46.9 Å². The van der Waals surface area contributed by atoms with Gasteiger partial charge in [-0.05, 0) is 63.1 Å². The first-order valence-electron chi connectivity index (χ1n) is 9.83. The molecule has 2 aromatic heterocycles. The second kappa shape index (κ2) is 8.35. The first-order valence-corrected chi connectivity index (χ1v) is 10.2. The zero-order chi connectivity index (χ0) is 22.1. The van der Waals surface area contributed by atoms with Crippen LogP contribution < -0.4 is 5.32 Å². The van der Waals surface area contributed by atoms with Crippen molar-refractivity contribution in [2.45, 2.75) is 34.2 Å². The number of oxazole rings is 1. The fourth-order valence-electron chi connectivity index (χ4n) is 3.25. The first kappa shape index (κ1) is 20.8. The lowest BCUT2D eigenvalue weighted by Gasteiger charge is -2.09. The van der Waals surface area contributed by atoms with Gasteiger partial charge in [-0.1, -0.05) is 35.0 Å². The smallest absolute Gasteiger partial charge is 0.278 e. The number of benzene rings is 2. The highest BCUT2D eigenvalue weighted by atomic mass is 35.5. The lowest BCUT2D eigenvalue weighted by Crippen LogP contribution is -2.15. The minimum atomic E-state index is -0.297. The third-order valence-electron chi connectivity index (χ3n) is 5.31. The number of carbonyl (C=O) groups is 1. The zero-order valence-electron chi connectivity index (χ0n) is 17.7. The summed E-state index contributed by atoms with van der Waals surface area (Å²) in [5, 5.41) is 11.8. The summed E-state index contributed by atoms with van der Waals surface area (Å²) in [6.45, 7) is 7.97. The van der Waals surface area contributed by atoms with Crippen molar-refractivity contribution in [3.63, 3.8) is 0 Å². The molecule has 0 aliphatic heterocycles. The number of anilines is 1. The molecule has 0 unspecified atom stereocenters. The van der Waals surface area contributed by atoms with Crippen LogP contribution in [0.4, 0.5) is 5.69 Å². The Morgan fingerprint density at radius 2 is 1.90 bits per heavy atom. The average molecular weight is 436 g/mol. The number of amides is 1.